The second-order valence-corrected chi connectivity index (χ2v) is 5.40. The summed E-state index contributed by atoms with van der Waals surface area (Å²) in [6.07, 6.45) is 4.35. The summed E-state index contributed by atoms with van der Waals surface area (Å²) in [7, 11) is 2.15. The number of nitrogens with two attached hydrogens (primary N) is 1. The number of hydrogen-bond acceptors (Lipinski definition) is 4. The normalized spacial score (nSPS) is 28.0. The van der Waals surface area contributed by atoms with E-state index in [0.29, 0.717) is 12.1 Å². The maximum absolute atomic E-state index is 8.81. The first-order valence-electron chi connectivity index (χ1n) is 6.48. The summed E-state index contributed by atoms with van der Waals surface area (Å²) in [6.45, 7) is 5.87. The van der Waals surface area contributed by atoms with Crippen molar-refractivity contribution in [1.82, 2.24) is 4.90 Å². The second-order valence-electron chi connectivity index (χ2n) is 5.40. The van der Waals surface area contributed by atoms with Gasteiger partial charge in [0.05, 0.1) is 12.2 Å². The highest BCUT2D eigenvalue weighted by molar-refractivity contribution is 5.00. The fourth-order valence-corrected chi connectivity index (χ4v) is 2.37. The molecule has 3 atom stereocenters. The molecule has 4 nitrogen and oxygen atoms in total. The van der Waals surface area contributed by atoms with Gasteiger partial charge in [-0.3, -0.25) is 0 Å². The summed E-state index contributed by atoms with van der Waals surface area (Å²) < 4.78 is 5.56. The van der Waals surface area contributed by atoms with Crippen LogP contribution in [0.2, 0.25) is 0 Å². The van der Waals surface area contributed by atoms with Crippen molar-refractivity contribution in [3.05, 3.63) is 0 Å². The molecule has 1 aliphatic heterocycles. The molecule has 17 heavy (non-hydrogen) atoms. The van der Waals surface area contributed by atoms with Crippen molar-refractivity contribution in [2.75, 3.05) is 20.2 Å². The predicted molar refractivity (Wildman–Crippen MR) is 68.5 cm³/mol. The molecular weight excluding hydrogens is 214 g/mol. The van der Waals surface area contributed by atoms with Crippen LogP contribution in [-0.2, 0) is 4.74 Å². The van der Waals surface area contributed by atoms with Crippen molar-refractivity contribution < 1.29 is 4.74 Å². The van der Waals surface area contributed by atoms with Crippen molar-refractivity contribution in [3.8, 4) is 6.07 Å². The average Bonchev–Trinajstić information content (AvgIpc) is 2.71. The quantitative estimate of drug-likeness (QED) is 0.714. The molecule has 0 radical (unpaired) electrons. The zero-order chi connectivity index (χ0) is 12.9. The lowest BCUT2D eigenvalue weighted by Crippen LogP contribution is -2.38. The number of likely N-dealkylation sites (N-methyl/N-ethyl adjacent to an activating group) is 1. The summed E-state index contributed by atoms with van der Waals surface area (Å²) in [5.74, 6) is 0. The van der Waals surface area contributed by atoms with E-state index >= 15 is 0 Å². The van der Waals surface area contributed by atoms with Crippen molar-refractivity contribution >= 4 is 0 Å². The average molecular weight is 239 g/mol. The second kappa shape index (κ2) is 6.34. The molecule has 0 aromatic heterocycles. The number of ether oxygens (including phenoxy) is 1. The minimum Gasteiger partial charge on any atom is -0.377 e. The van der Waals surface area contributed by atoms with E-state index in [-0.39, 0.29) is 0 Å². The Bertz CT molecular complexity index is 272. The topological polar surface area (TPSA) is 62.3 Å². The molecule has 1 fully saturated rings. The lowest BCUT2D eigenvalue weighted by atomic mass is 9.98. The highest BCUT2D eigenvalue weighted by Crippen LogP contribution is 2.19. The standard InChI is InChI=1S/C13H25N3O/c1-11-12(6-9-17-11)16(3)8-5-4-7-13(2,15)10-14/h11-12H,4-9,15H2,1-3H3. The van der Waals surface area contributed by atoms with Gasteiger partial charge in [-0.1, -0.05) is 0 Å². The molecule has 4 heteroatoms. The molecule has 2 N–H and O–H groups in total. The number of hydrogen-bond donors (Lipinski definition) is 1. The lowest BCUT2D eigenvalue weighted by molar-refractivity contribution is 0.0830. The van der Waals surface area contributed by atoms with Gasteiger partial charge in [0, 0.05) is 12.6 Å². The van der Waals surface area contributed by atoms with Gasteiger partial charge in [0.1, 0.15) is 5.54 Å². The summed E-state index contributed by atoms with van der Waals surface area (Å²) in [5.41, 5.74) is 5.12. The first kappa shape index (κ1) is 14.4. The van der Waals surface area contributed by atoms with Crippen molar-refractivity contribution in [1.29, 1.82) is 5.26 Å². The number of rotatable bonds is 6. The van der Waals surface area contributed by atoms with Gasteiger partial charge in [0.25, 0.3) is 0 Å². The van der Waals surface area contributed by atoms with Crippen molar-refractivity contribution in [2.45, 2.75) is 57.2 Å². The first-order valence-corrected chi connectivity index (χ1v) is 6.48. The molecular formula is C13H25N3O. The monoisotopic (exact) mass is 239 g/mol. The first-order chi connectivity index (χ1) is 7.96. The molecule has 0 amide bonds. The number of nitrogens with zero attached hydrogens (tertiary/aromatic N) is 2. The van der Waals surface area contributed by atoms with E-state index in [4.69, 9.17) is 15.7 Å². The Labute approximate surface area is 105 Å². The van der Waals surface area contributed by atoms with Crippen LogP contribution in [0, 0.1) is 11.3 Å². The number of nitriles is 1. The largest absolute Gasteiger partial charge is 0.377 e. The highest BCUT2D eigenvalue weighted by atomic mass is 16.5. The van der Waals surface area contributed by atoms with Crippen LogP contribution in [0.4, 0.5) is 0 Å². The summed E-state index contributed by atoms with van der Waals surface area (Å²) in [4.78, 5) is 2.37. The predicted octanol–water partition coefficient (Wildman–Crippen LogP) is 1.51. The van der Waals surface area contributed by atoms with E-state index in [2.05, 4.69) is 24.9 Å². The minimum absolute atomic E-state index is 0.346. The molecule has 0 bridgehead atoms. The van der Waals surface area contributed by atoms with E-state index in [9.17, 15) is 0 Å². The molecule has 98 valence electrons. The molecule has 0 aromatic carbocycles. The van der Waals surface area contributed by atoms with Crippen LogP contribution in [0.3, 0.4) is 0 Å². The van der Waals surface area contributed by atoms with Crippen LogP contribution >= 0.6 is 0 Å². The molecule has 0 aliphatic carbocycles. The third kappa shape index (κ3) is 4.63. The molecule has 3 unspecified atom stereocenters. The van der Waals surface area contributed by atoms with Gasteiger partial charge in [0.15, 0.2) is 0 Å². The molecule has 0 aromatic rings. The third-order valence-corrected chi connectivity index (χ3v) is 3.61. The highest BCUT2D eigenvalue weighted by Gasteiger charge is 2.27. The van der Waals surface area contributed by atoms with Crippen molar-refractivity contribution in [3.63, 3.8) is 0 Å². The Hall–Kier alpha value is -0.630. The molecule has 1 aliphatic rings. The fourth-order valence-electron chi connectivity index (χ4n) is 2.37. The van der Waals surface area contributed by atoms with E-state index in [0.717, 1.165) is 38.8 Å². The minimum atomic E-state index is -0.664. The maximum atomic E-state index is 8.81. The molecule has 0 saturated carbocycles. The third-order valence-electron chi connectivity index (χ3n) is 3.61. The Morgan fingerprint density at radius 2 is 2.24 bits per heavy atom. The van der Waals surface area contributed by atoms with Gasteiger partial charge in [0.2, 0.25) is 0 Å². The molecule has 1 rings (SSSR count). The Morgan fingerprint density at radius 1 is 1.53 bits per heavy atom. The van der Waals surface area contributed by atoms with Gasteiger partial charge < -0.3 is 15.4 Å². The Kier molecular flexibility index (Phi) is 5.38. The van der Waals surface area contributed by atoms with Gasteiger partial charge in [-0.25, -0.2) is 0 Å². The van der Waals surface area contributed by atoms with E-state index in [1.165, 1.54) is 0 Å². The van der Waals surface area contributed by atoms with E-state index in [1.807, 2.05) is 0 Å². The fraction of sp³-hybridized carbons (Fsp3) is 0.923. The van der Waals surface area contributed by atoms with Gasteiger partial charge >= 0.3 is 0 Å². The summed E-state index contributed by atoms with van der Waals surface area (Å²) in [5, 5.41) is 8.81. The van der Waals surface area contributed by atoms with E-state index in [1.54, 1.807) is 6.92 Å². The lowest BCUT2D eigenvalue weighted by Gasteiger charge is -2.26. The Balaban J connectivity index is 2.17. The molecule has 1 heterocycles. The van der Waals surface area contributed by atoms with E-state index < -0.39 is 5.54 Å². The van der Waals surface area contributed by atoms with Crippen LogP contribution in [-0.4, -0.2) is 42.8 Å². The summed E-state index contributed by atoms with van der Waals surface area (Å²) >= 11 is 0. The zero-order valence-corrected chi connectivity index (χ0v) is 11.3. The smallest absolute Gasteiger partial charge is 0.101 e. The molecule has 0 spiro atoms. The van der Waals surface area contributed by atoms with Crippen molar-refractivity contribution in [2.24, 2.45) is 5.73 Å². The van der Waals surface area contributed by atoms with Gasteiger partial charge in [-0.05, 0) is 53.1 Å². The van der Waals surface area contributed by atoms with Crippen LogP contribution in [0.25, 0.3) is 0 Å². The molecule has 1 saturated heterocycles. The van der Waals surface area contributed by atoms with Gasteiger partial charge in [-0.15, -0.1) is 0 Å². The van der Waals surface area contributed by atoms with Crippen LogP contribution in [0.5, 0.6) is 0 Å². The zero-order valence-electron chi connectivity index (χ0n) is 11.3. The van der Waals surface area contributed by atoms with Crippen LogP contribution in [0.15, 0.2) is 0 Å². The van der Waals surface area contributed by atoms with Gasteiger partial charge in [-0.2, -0.15) is 5.26 Å². The number of unbranched alkanes of at least 4 members (excludes halogenated alkanes) is 1. The van der Waals surface area contributed by atoms with Crippen LogP contribution < -0.4 is 5.73 Å². The Morgan fingerprint density at radius 3 is 2.76 bits per heavy atom. The van der Waals surface area contributed by atoms with Crippen LogP contribution in [0.1, 0.15) is 39.5 Å². The SMILES string of the molecule is CC1OCCC1N(C)CCCCC(C)(N)C#N. The maximum Gasteiger partial charge on any atom is 0.101 e. The summed E-state index contributed by atoms with van der Waals surface area (Å²) in [6, 6.07) is 2.69.